The van der Waals surface area contributed by atoms with Crippen LogP contribution in [0.5, 0.6) is 5.75 Å². The molecular formula is C20H19N5O3. The van der Waals surface area contributed by atoms with Crippen molar-refractivity contribution >= 4 is 34.7 Å². The van der Waals surface area contributed by atoms with Gasteiger partial charge in [0, 0.05) is 18.3 Å². The lowest BCUT2D eigenvalue weighted by Crippen LogP contribution is -2.15. The number of amides is 2. The van der Waals surface area contributed by atoms with Crippen molar-refractivity contribution in [1.29, 1.82) is 0 Å². The number of rotatable bonds is 6. The predicted octanol–water partition coefficient (Wildman–Crippen LogP) is 3.44. The minimum absolute atomic E-state index is 0.131. The van der Waals surface area contributed by atoms with Crippen LogP contribution in [-0.2, 0) is 4.79 Å². The van der Waals surface area contributed by atoms with Crippen LogP contribution in [0.3, 0.4) is 0 Å². The molecule has 0 saturated carbocycles. The zero-order valence-electron chi connectivity index (χ0n) is 15.4. The molecule has 0 unspecified atom stereocenters. The maximum Gasteiger partial charge on any atom is 0.276 e. The fraction of sp³-hybridized carbons (Fsp3) is 0.100. The number of nitrogens with zero attached hydrogens (tertiary/aromatic N) is 2. The summed E-state index contributed by atoms with van der Waals surface area (Å²) in [5.74, 6) is 0.530. The molecule has 0 bridgehead atoms. The van der Waals surface area contributed by atoms with E-state index in [4.69, 9.17) is 4.74 Å². The lowest BCUT2D eigenvalue weighted by molar-refractivity contribution is -0.114. The van der Waals surface area contributed by atoms with Gasteiger partial charge >= 0.3 is 0 Å². The molecule has 0 radical (unpaired) electrons. The van der Waals surface area contributed by atoms with E-state index >= 15 is 0 Å². The van der Waals surface area contributed by atoms with Crippen LogP contribution in [0.15, 0.2) is 60.7 Å². The standard InChI is InChI=1S/C20H19N5O3/c1-13(26)21-14-7-9-15(10-8-14)22-19-12-11-17(24-25-19)20(27)23-16-5-3-4-6-18(16)28-2/h3-12H,1-2H3,(H,21,26)(H,22,25)(H,23,27). The molecule has 8 nitrogen and oxygen atoms in total. The smallest absolute Gasteiger partial charge is 0.276 e. The maximum absolute atomic E-state index is 12.4. The number of hydrogen-bond acceptors (Lipinski definition) is 6. The van der Waals surface area contributed by atoms with Crippen LogP contribution < -0.4 is 20.7 Å². The third-order valence-electron chi connectivity index (χ3n) is 3.73. The number of carbonyl (C=O) groups is 2. The molecule has 0 saturated heterocycles. The minimum atomic E-state index is -0.386. The lowest BCUT2D eigenvalue weighted by Gasteiger charge is -2.10. The molecule has 0 aliphatic carbocycles. The number of aromatic nitrogens is 2. The third-order valence-corrected chi connectivity index (χ3v) is 3.73. The zero-order chi connectivity index (χ0) is 19.9. The van der Waals surface area contributed by atoms with Gasteiger partial charge in [-0.15, -0.1) is 10.2 Å². The summed E-state index contributed by atoms with van der Waals surface area (Å²) in [6.45, 7) is 1.45. The fourth-order valence-electron chi connectivity index (χ4n) is 2.44. The van der Waals surface area contributed by atoms with Crippen molar-refractivity contribution in [2.75, 3.05) is 23.1 Å². The molecule has 0 aliphatic rings. The summed E-state index contributed by atoms with van der Waals surface area (Å²) < 4.78 is 5.21. The third kappa shape index (κ3) is 4.82. The molecular weight excluding hydrogens is 358 g/mol. The summed E-state index contributed by atoms with van der Waals surface area (Å²) in [5.41, 5.74) is 2.21. The highest BCUT2D eigenvalue weighted by atomic mass is 16.5. The van der Waals surface area contributed by atoms with Gasteiger partial charge in [-0.05, 0) is 48.5 Å². The van der Waals surface area contributed by atoms with Gasteiger partial charge in [0.15, 0.2) is 11.5 Å². The Hall–Kier alpha value is -3.94. The first-order chi connectivity index (χ1) is 13.5. The summed E-state index contributed by atoms with van der Waals surface area (Å²) >= 11 is 0. The molecule has 3 rings (SSSR count). The number of nitrogens with one attached hydrogen (secondary N) is 3. The van der Waals surface area contributed by atoms with E-state index in [1.54, 1.807) is 54.6 Å². The summed E-state index contributed by atoms with van der Waals surface area (Å²) in [6, 6.07) is 17.5. The van der Waals surface area contributed by atoms with Gasteiger partial charge in [-0.3, -0.25) is 9.59 Å². The average Bonchev–Trinajstić information content (AvgIpc) is 2.70. The highest BCUT2D eigenvalue weighted by Gasteiger charge is 2.11. The van der Waals surface area contributed by atoms with Crippen molar-refractivity contribution in [3.8, 4) is 5.75 Å². The van der Waals surface area contributed by atoms with Crippen LogP contribution >= 0.6 is 0 Å². The van der Waals surface area contributed by atoms with Crippen molar-refractivity contribution in [3.63, 3.8) is 0 Å². The molecule has 0 spiro atoms. The Morgan fingerprint density at radius 3 is 2.21 bits per heavy atom. The highest BCUT2D eigenvalue weighted by molar-refractivity contribution is 6.03. The number of para-hydroxylation sites is 2. The van der Waals surface area contributed by atoms with Gasteiger partial charge in [0.1, 0.15) is 5.75 Å². The van der Waals surface area contributed by atoms with Gasteiger partial charge in [0.25, 0.3) is 5.91 Å². The fourth-order valence-corrected chi connectivity index (χ4v) is 2.44. The number of carbonyl (C=O) groups excluding carboxylic acids is 2. The first-order valence-electron chi connectivity index (χ1n) is 8.48. The predicted molar refractivity (Wildman–Crippen MR) is 107 cm³/mol. The van der Waals surface area contributed by atoms with Crippen LogP contribution in [0, 0.1) is 0 Å². The van der Waals surface area contributed by atoms with E-state index in [1.807, 2.05) is 6.07 Å². The van der Waals surface area contributed by atoms with Gasteiger partial charge in [0.2, 0.25) is 5.91 Å². The van der Waals surface area contributed by atoms with Crippen molar-refractivity contribution < 1.29 is 14.3 Å². The molecule has 2 aromatic carbocycles. The van der Waals surface area contributed by atoms with Crippen LogP contribution in [0.4, 0.5) is 22.9 Å². The van der Waals surface area contributed by atoms with Crippen molar-refractivity contribution in [3.05, 3.63) is 66.4 Å². The lowest BCUT2D eigenvalue weighted by atomic mass is 10.2. The van der Waals surface area contributed by atoms with Crippen molar-refractivity contribution in [2.45, 2.75) is 6.92 Å². The van der Waals surface area contributed by atoms with Gasteiger partial charge < -0.3 is 20.7 Å². The second kappa shape index (κ2) is 8.63. The van der Waals surface area contributed by atoms with Crippen LogP contribution in [0.2, 0.25) is 0 Å². The molecule has 142 valence electrons. The topological polar surface area (TPSA) is 105 Å². The average molecular weight is 377 g/mol. The first-order valence-corrected chi connectivity index (χ1v) is 8.48. The quantitative estimate of drug-likeness (QED) is 0.608. The largest absolute Gasteiger partial charge is 0.495 e. The summed E-state index contributed by atoms with van der Waals surface area (Å²) in [6.07, 6.45) is 0. The molecule has 8 heteroatoms. The molecule has 1 aromatic heterocycles. The second-order valence-corrected chi connectivity index (χ2v) is 5.84. The Balaban J connectivity index is 1.64. The minimum Gasteiger partial charge on any atom is -0.495 e. The molecule has 0 atom stereocenters. The zero-order valence-corrected chi connectivity index (χ0v) is 15.4. The molecule has 3 aromatic rings. The normalized spacial score (nSPS) is 10.1. The van der Waals surface area contributed by atoms with E-state index in [1.165, 1.54) is 14.0 Å². The Labute approximate surface area is 161 Å². The van der Waals surface area contributed by atoms with Gasteiger partial charge in [-0.2, -0.15) is 0 Å². The van der Waals surface area contributed by atoms with Gasteiger partial charge in [-0.25, -0.2) is 0 Å². The Morgan fingerprint density at radius 2 is 1.57 bits per heavy atom. The first kappa shape index (κ1) is 18.8. The number of benzene rings is 2. The maximum atomic E-state index is 12.4. The van der Waals surface area contributed by atoms with E-state index in [2.05, 4.69) is 26.1 Å². The summed E-state index contributed by atoms with van der Waals surface area (Å²) in [7, 11) is 1.54. The highest BCUT2D eigenvalue weighted by Crippen LogP contribution is 2.23. The summed E-state index contributed by atoms with van der Waals surface area (Å²) in [4.78, 5) is 23.4. The number of methoxy groups -OCH3 is 1. The van der Waals surface area contributed by atoms with Gasteiger partial charge in [-0.1, -0.05) is 12.1 Å². The van der Waals surface area contributed by atoms with Crippen molar-refractivity contribution in [1.82, 2.24) is 10.2 Å². The molecule has 1 heterocycles. The Kier molecular flexibility index (Phi) is 5.81. The number of ether oxygens (including phenoxy) is 1. The van der Waals surface area contributed by atoms with Crippen LogP contribution in [0.1, 0.15) is 17.4 Å². The van der Waals surface area contributed by atoms with E-state index in [9.17, 15) is 9.59 Å². The Bertz CT molecular complexity index is 972. The van der Waals surface area contributed by atoms with E-state index in [0.29, 0.717) is 22.9 Å². The molecule has 28 heavy (non-hydrogen) atoms. The Morgan fingerprint density at radius 1 is 0.857 bits per heavy atom. The molecule has 0 aliphatic heterocycles. The number of hydrogen-bond donors (Lipinski definition) is 3. The van der Waals surface area contributed by atoms with Gasteiger partial charge in [0.05, 0.1) is 12.8 Å². The van der Waals surface area contributed by atoms with Crippen LogP contribution in [0.25, 0.3) is 0 Å². The van der Waals surface area contributed by atoms with Crippen LogP contribution in [-0.4, -0.2) is 29.1 Å². The second-order valence-electron chi connectivity index (χ2n) is 5.84. The van der Waals surface area contributed by atoms with E-state index < -0.39 is 0 Å². The van der Waals surface area contributed by atoms with E-state index in [0.717, 1.165) is 5.69 Å². The summed E-state index contributed by atoms with van der Waals surface area (Å²) in [5, 5.41) is 16.5. The molecule has 0 fully saturated rings. The monoisotopic (exact) mass is 377 g/mol. The number of anilines is 4. The SMILES string of the molecule is COc1ccccc1NC(=O)c1ccc(Nc2ccc(NC(C)=O)cc2)nn1. The molecule has 2 amide bonds. The molecule has 3 N–H and O–H groups in total. The van der Waals surface area contributed by atoms with Crippen molar-refractivity contribution in [2.24, 2.45) is 0 Å². The van der Waals surface area contributed by atoms with E-state index in [-0.39, 0.29) is 17.5 Å².